The summed E-state index contributed by atoms with van der Waals surface area (Å²) in [4.78, 5) is 8.55. The third-order valence-electron chi connectivity index (χ3n) is 2.64. The van der Waals surface area contributed by atoms with Gasteiger partial charge in [0.1, 0.15) is 5.15 Å². The van der Waals surface area contributed by atoms with Crippen LogP contribution in [0.15, 0.2) is 16.6 Å². The van der Waals surface area contributed by atoms with Crippen LogP contribution in [0.25, 0.3) is 11.4 Å². The fourth-order valence-corrected chi connectivity index (χ4v) is 2.88. The van der Waals surface area contributed by atoms with Crippen molar-refractivity contribution in [2.75, 3.05) is 0 Å². The van der Waals surface area contributed by atoms with Crippen LogP contribution in [0.4, 0.5) is 8.78 Å². The second kappa shape index (κ2) is 6.62. The molecule has 1 aromatic heterocycles. The molecule has 0 amide bonds. The smallest absolute Gasteiger partial charge is 0.173 e. The molecule has 0 bridgehead atoms. The second-order valence-electron chi connectivity index (χ2n) is 4.07. The van der Waals surface area contributed by atoms with Crippen LogP contribution < -0.4 is 0 Å². The molecule has 0 saturated carbocycles. The van der Waals surface area contributed by atoms with Gasteiger partial charge in [-0.3, -0.25) is 0 Å². The van der Waals surface area contributed by atoms with Crippen molar-refractivity contribution in [2.45, 2.75) is 19.8 Å². The van der Waals surface area contributed by atoms with Crippen molar-refractivity contribution < 1.29 is 8.78 Å². The van der Waals surface area contributed by atoms with Gasteiger partial charge >= 0.3 is 0 Å². The minimum absolute atomic E-state index is 0.00257. The number of nitrogens with zero attached hydrogens (tertiary/aromatic N) is 2. The minimum atomic E-state index is -0.960. The highest BCUT2D eigenvalue weighted by Gasteiger charge is 2.17. The maximum atomic E-state index is 13.6. The van der Waals surface area contributed by atoms with Crippen molar-refractivity contribution in [3.8, 4) is 11.4 Å². The Morgan fingerprint density at radius 3 is 2.65 bits per heavy atom. The van der Waals surface area contributed by atoms with Crippen LogP contribution in [0.2, 0.25) is 5.15 Å². The third-order valence-corrected chi connectivity index (χ3v) is 5.14. The van der Waals surface area contributed by atoms with Gasteiger partial charge in [0.15, 0.2) is 17.5 Å². The van der Waals surface area contributed by atoms with Crippen molar-refractivity contribution in [3.63, 3.8) is 0 Å². The molecule has 0 atom stereocenters. The van der Waals surface area contributed by atoms with Gasteiger partial charge in [-0.2, -0.15) is 0 Å². The summed E-state index contributed by atoms with van der Waals surface area (Å²) in [6.45, 7) is 2.03. The van der Waals surface area contributed by atoms with Gasteiger partial charge in [0.05, 0.1) is 13.7 Å². The molecule has 0 spiro atoms. The van der Waals surface area contributed by atoms with Crippen molar-refractivity contribution >= 4 is 50.1 Å². The monoisotopic (exact) mass is 472 g/mol. The second-order valence-corrected chi connectivity index (χ2v) is 6.30. The fourth-order valence-electron chi connectivity index (χ4n) is 1.68. The summed E-state index contributed by atoms with van der Waals surface area (Å²) < 4.78 is 27.5. The van der Waals surface area contributed by atoms with E-state index in [-0.39, 0.29) is 10.3 Å². The Morgan fingerprint density at radius 1 is 1.30 bits per heavy atom. The molecule has 2 nitrogen and oxygen atoms in total. The van der Waals surface area contributed by atoms with Crippen molar-refractivity contribution in [3.05, 3.63) is 42.7 Å². The van der Waals surface area contributed by atoms with E-state index in [0.717, 1.165) is 28.2 Å². The average Bonchev–Trinajstić information content (AvgIpc) is 2.41. The Labute approximate surface area is 142 Å². The van der Waals surface area contributed by atoms with E-state index in [1.54, 1.807) is 0 Å². The first-order valence-electron chi connectivity index (χ1n) is 5.81. The van der Waals surface area contributed by atoms with Crippen LogP contribution in [0, 0.1) is 15.2 Å². The maximum absolute atomic E-state index is 13.6. The van der Waals surface area contributed by atoms with Crippen molar-refractivity contribution in [1.82, 2.24) is 9.97 Å². The van der Waals surface area contributed by atoms with Crippen LogP contribution in [-0.2, 0) is 6.42 Å². The number of aromatic nitrogens is 2. The molecule has 0 aliphatic rings. The summed E-state index contributed by atoms with van der Waals surface area (Å²) in [5.41, 5.74) is 1.18. The highest BCUT2D eigenvalue weighted by atomic mass is 127. The molecule has 20 heavy (non-hydrogen) atoms. The molecule has 0 aliphatic carbocycles. The Hall–Kier alpha value is -0.340. The molecule has 0 fully saturated rings. The Balaban J connectivity index is 2.61. The Morgan fingerprint density at radius 2 is 2.00 bits per heavy atom. The van der Waals surface area contributed by atoms with Gasteiger partial charge in [0, 0.05) is 5.56 Å². The molecule has 1 aromatic carbocycles. The highest BCUT2D eigenvalue weighted by Crippen LogP contribution is 2.32. The number of rotatable bonds is 3. The van der Waals surface area contributed by atoms with Gasteiger partial charge in [-0.15, -0.1) is 0 Å². The van der Waals surface area contributed by atoms with E-state index in [2.05, 4.69) is 48.5 Å². The van der Waals surface area contributed by atoms with E-state index in [1.165, 1.54) is 6.07 Å². The van der Waals surface area contributed by atoms with Crippen LogP contribution >= 0.6 is 50.1 Å². The molecule has 0 aliphatic heterocycles. The van der Waals surface area contributed by atoms with Crippen LogP contribution in [0.3, 0.4) is 0 Å². The zero-order valence-electron chi connectivity index (χ0n) is 10.4. The molecule has 0 radical (unpaired) electrons. The Kier molecular flexibility index (Phi) is 5.30. The van der Waals surface area contributed by atoms with E-state index >= 15 is 0 Å². The molecule has 0 saturated heterocycles. The summed E-state index contributed by atoms with van der Waals surface area (Å²) in [6.07, 6.45) is 1.65. The zero-order valence-corrected chi connectivity index (χ0v) is 14.9. The highest BCUT2D eigenvalue weighted by molar-refractivity contribution is 14.1. The summed E-state index contributed by atoms with van der Waals surface area (Å²) in [5, 5.41) is 0.315. The first-order chi connectivity index (χ1) is 9.45. The third kappa shape index (κ3) is 3.12. The van der Waals surface area contributed by atoms with Crippen LogP contribution in [-0.4, -0.2) is 9.97 Å². The first-order valence-corrected chi connectivity index (χ1v) is 8.06. The van der Waals surface area contributed by atoms with Gasteiger partial charge in [0.2, 0.25) is 0 Å². The quantitative estimate of drug-likeness (QED) is 0.339. The number of halogens is 5. The average molecular weight is 473 g/mol. The molecule has 2 aromatic rings. The molecule has 1 heterocycles. The predicted molar refractivity (Wildman–Crippen MR) is 86.8 cm³/mol. The SMILES string of the molecule is CCCc1nc(-c2ccc(F)c(F)c2Br)nc(Cl)c1I. The lowest BCUT2D eigenvalue weighted by Gasteiger charge is -2.09. The fraction of sp³-hybridized carbons (Fsp3) is 0.231. The molecule has 2 rings (SSSR count). The van der Waals surface area contributed by atoms with Gasteiger partial charge < -0.3 is 0 Å². The van der Waals surface area contributed by atoms with Crippen LogP contribution in [0.5, 0.6) is 0 Å². The lowest BCUT2D eigenvalue weighted by molar-refractivity contribution is 0.504. The molecule has 7 heteroatoms. The summed E-state index contributed by atoms with van der Waals surface area (Å²) in [6, 6.07) is 2.47. The number of benzene rings is 1. The van der Waals surface area contributed by atoms with Gasteiger partial charge in [-0.25, -0.2) is 18.7 Å². The van der Waals surface area contributed by atoms with Crippen LogP contribution in [0.1, 0.15) is 19.0 Å². The first kappa shape index (κ1) is 16.0. The largest absolute Gasteiger partial charge is 0.232 e. The lowest BCUT2D eigenvalue weighted by atomic mass is 10.2. The lowest BCUT2D eigenvalue weighted by Crippen LogP contribution is -2.02. The number of hydrogen-bond donors (Lipinski definition) is 0. The normalized spacial score (nSPS) is 10.9. The summed E-state index contributed by atoms with van der Waals surface area (Å²) in [7, 11) is 0. The predicted octanol–water partition coefficient (Wildman–Crippen LogP) is 5.39. The van der Waals surface area contributed by atoms with E-state index in [1.807, 2.05) is 6.92 Å². The van der Waals surface area contributed by atoms with Gasteiger partial charge in [-0.05, 0) is 57.1 Å². The molecule has 0 N–H and O–H groups in total. The number of aryl methyl sites for hydroxylation is 1. The van der Waals surface area contributed by atoms with E-state index in [0.29, 0.717) is 10.7 Å². The maximum Gasteiger partial charge on any atom is 0.173 e. The molecular weight excluding hydrogens is 464 g/mol. The van der Waals surface area contributed by atoms with Gasteiger partial charge in [-0.1, -0.05) is 24.9 Å². The van der Waals surface area contributed by atoms with E-state index in [9.17, 15) is 8.78 Å². The summed E-state index contributed by atoms with van der Waals surface area (Å²) >= 11 is 11.2. The van der Waals surface area contributed by atoms with Crippen molar-refractivity contribution in [2.24, 2.45) is 0 Å². The van der Waals surface area contributed by atoms with Crippen molar-refractivity contribution in [1.29, 1.82) is 0 Å². The molecular formula is C13H9BrClF2IN2. The topological polar surface area (TPSA) is 25.8 Å². The Bertz CT molecular complexity index is 667. The molecule has 0 unspecified atom stereocenters. The number of hydrogen-bond acceptors (Lipinski definition) is 2. The molecule has 106 valence electrons. The summed E-state index contributed by atoms with van der Waals surface area (Å²) in [5.74, 6) is -1.60. The zero-order chi connectivity index (χ0) is 14.9. The van der Waals surface area contributed by atoms with E-state index < -0.39 is 11.6 Å². The van der Waals surface area contributed by atoms with Gasteiger partial charge in [0.25, 0.3) is 0 Å². The minimum Gasteiger partial charge on any atom is -0.232 e. The standard InChI is InChI=1S/C13H9BrClF2IN2/c1-2-3-8-11(18)12(15)20-13(19-8)6-4-5-7(16)10(17)9(6)14/h4-5H,2-3H2,1H3. The van der Waals surface area contributed by atoms with E-state index in [4.69, 9.17) is 11.6 Å².